The zero-order valence-corrected chi connectivity index (χ0v) is 9.23. The third-order valence-electron chi connectivity index (χ3n) is 1.33. The van der Waals surface area contributed by atoms with Crippen molar-refractivity contribution in [3.8, 4) is 0 Å². The molecule has 0 aromatic carbocycles. The predicted molar refractivity (Wildman–Crippen MR) is 49.6 cm³/mol. The van der Waals surface area contributed by atoms with E-state index in [4.69, 9.17) is 0 Å². The van der Waals surface area contributed by atoms with Crippen molar-refractivity contribution < 1.29 is 19.5 Å². The van der Waals surface area contributed by atoms with Crippen LogP contribution in [0.25, 0.3) is 0 Å². The van der Waals surface area contributed by atoms with Gasteiger partial charge in [-0.05, 0) is 25.7 Å². The minimum Gasteiger partial charge on any atom is -0.358 e. The van der Waals surface area contributed by atoms with Crippen molar-refractivity contribution in [2.24, 2.45) is 0 Å². The monoisotopic (exact) mass is 240 g/mol. The molecule has 1 heteroatoms. The Balaban J connectivity index is -0.000000213. The number of allylic oxidation sites excluding steroid dienone is 4. The summed E-state index contributed by atoms with van der Waals surface area (Å²) >= 11 is 0. The Hall–Kier alpha value is 0.103. The Kier molecular flexibility index (Phi) is 20.0. The Morgan fingerprint density at radius 1 is 0.545 bits per heavy atom. The summed E-state index contributed by atoms with van der Waals surface area (Å²) in [6, 6.07) is 0. The van der Waals surface area contributed by atoms with Crippen molar-refractivity contribution in [2.75, 3.05) is 0 Å². The third-order valence-corrected chi connectivity index (χ3v) is 1.33. The molecule has 11 heavy (non-hydrogen) atoms. The molecule has 0 saturated carbocycles. The largest absolute Gasteiger partial charge is 2.00 e. The maximum absolute atomic E-state index is 2.27. The molecule has 0 heterocycles. The van der Waals surface area contributed by atoms with Gasteiger partial charge in [-0.1, -0.05) is 24.3 Å². The van der Waals surface area contributed by atoms with E-state index in [9.17, 15) is 0 Å². The molecular formula is C10H18Ru. The van der Waals surface area contributed by atoms with Gasteiger partial charge in [-0.3, -0.25) is 0 Å². The summed E-state index contributed by atoms with van der Waals surface area (Å²) < 4.78 is 0. The van der Waals surface area contributed by atoms with E-state index in [2.05, 4.69) is 24.3 Å². The number of hydrogen-bond acceptors (Lipinski definition) is 0. The average Bonchev–Trinajstić information content (AvgIpc) is 1.62. The molecule has 0 nitrogen and oxygen atoms in total. The zero-order chi connectivity index (χ0) is 5.66. The van der Waals surface area contributed by atoms with Gasteiger partial charge < -0.3 is 14.9 Å². The van der Waals surface area contributed by atoms with Gasteiger partial charge in [0.05, 0.1) is 0 Å². The molecule has 0 N–H and O–H groups in total. The van der Waals surface area contributed by atoms with Crippen LogP contribution in [0.5, 0.6) is 0 Å². The molecule has 0 spiro atoms. The number of rotatable bonds is 0. The van der Waals surface area contributed by atoms with Gasteiger partial charge in [-0.2, -0.15) is 0 Å². The summed E-state index contributed by atoms with van der Waals surface area (Å²) in [7, 11) is 0. The Morgan fingerprint density at radius 2 is 0.727 bits per heavy atom. The Bertz CT molecular complexity index is 77.4. The molecule has 0 atom stereocenters. The molecule has 0 saturated heterocycles. The van der Waals surface area contributed by atoms with Crippen LogP contribution in [-0.2, 0) is 19.5 Å². The third kappa shape index (κ3) is 10.1. The molecule has 1 rings (SSSR count). The van der Waals surface area contributed by atoms with E-state index in [1.165, 1.54) is 25.7 Å². The summed E-state index contributed by atoms with van der Waals surface area (Å²) in [6.07, 6.45) is 14.0. The second-order valence-electron chi connectivity index (χ2n) is 2.10. The van der Waals surface area contributed by atoms with Crippen LogP contribution in [-0.4, -0.2) is 0 Å². The van der Waals surface area contributed by atoms with Gasteiger partial charge in [-0.25, -0.2) is 0 Å². The van der Waals surface area contributed by atoms with Gasteiger partial charge >= 0.3 is 19.5 Å². The second-order valence-corrected chi connectivity index (χ2v) is 2.10. The number of hydrogen-bond donors (Lipinski definition) is 0. The van der Waals surface area contributed by atoms with Crippen LogP contribution < -0.4 is 0 Å². The Labute approximate surface area is 84.5 Å². The molecule has 0 bridgehead atoms. The van der Waals surface area contributed by atoms with Crippen LogP contribution in [0.4, 0.5) is 0 Å². The molecule has 0 aromatic heterocycles. The molecule has 0 radical (unpaired) electrons. The minimum atomic E-state index is 0. The van der Waals surface area contributed by atoms with Gasteiger partial charge in [0.1, 0.15) is 0 Å². The molecule has 0 aliphatic heterocycles. The molecule has 0 aromatic rings. The van der Waals surface area contributed by atoms with Gasteiger partial charge in [0.15, 0.2) is 0 Å². The van der Waals surface area contributed by atoms with E-state index in [-0.39, 0.29) is 34.3 Å². The van der Waals surface area contributed by atoms with E-state index in [1.807, 2.05) is 0 Å². The van der Waals surface area contributed by atoms with Crippen molar-refractivity contribution >= 4 is 0 Å². The summed E-state index contributed by atoms with van der Waals surface area (Å²) in [6.45, 7) is 0. The standard InChI is InChI=1S/C8H12.2CH3.Ru/c1-2-4-6-8-7-5-3-1;;;/h1-2,7-8H,3-6H2;2*1H3;/q;2*-1;+2. The maximum Gasteiger partial charge on any atom is 2.00 e. The SMILES string of the molecule is C1=CCCC=CCC1.[CH3-].[CH3-].[Ru+2]. The van der Waals surface area contributed by atoms with Crippen LogP contribution >= 0.6 is 0 Å². The fourth-order valence-electron chi connectivity index (χ4n) is 0.856. The van der Waals surface area contributed by atoms with Crippen LogP contribution in [0.1, 0.15) is 25.7 Å². The summed E-state index contributed by atoms with van der Waals surface area (Å²) in [5.74, 6) is 0. The maximum atomic E-state index is 2.27. The molecule has 0 unspecified atom stereocenters. The Morgan fingerprint density at radius 3 is 0.909 bits per heavy atom. The minimum absolute atomic E-state index is 0. The second kappa shape index (κ2) is 12.8. The first-order chi connectivity index (χ1) is 4.00. The van der Waals surface area contributed by atoms with E-state index in [0.717, 1.165) is 0 Å². The van der Waals surface area contributed by atoms with Crippen molar-refractivity contribution in [3.05, 3.63) is 39.2 Å². The van der Waals surface area contributed by atoms with E-state index in [0.29, 0.717) is 0 Å². The molecule has 0 amide bonds. The molecule has 1 aliphatic carbocycles. The fraction of sp³-hybridized carbons (Fsp3) is 0.400. The van der Waals surface area contributed by atoms with Gasteiger partial charge in [0.25, 0.3) is 0 Å². The van der Waals surface area contributed by atoms with E-state index < -0.39 is 0 Å². The van der Waals surface area contributed by atoms with E-state index in [1.54, 1.807) is 0 Å². The zero-order valence-electron chi connectivity index (χ0n) is 7.49. The quantitative estimate of drug-likeness (QED) is 0.344. The van der Waals surface area contributed by atoms with Crippen molar-refractivity contribution in [3.63, 3.8) is 0 Å². The average molecular weight is 239 g/mol. The fourth-order valence-corrected chi connectivity index (χ4v) is 0.856. The van der Waals surface area contributed by atoms with Crippen molar-refractivity contribution in [2.45, 2.75) is 25.7 Å². The van der Waals surface area contributed by atoms with Gasteiger partial charge in [0.2, 0.25) is 0 Å². The molecular weight excluding hydrogens is 221 g/mol. The van der Waals surface area contributed by atoms with Crippen molar-refractivity contribution in [1.82, 2.24) is 0 Å². The molecule has 66 valence electrons. The van der Waals surface area contributed by atoms with Crippen LogP contribution in [0.3, 0.4) is 0 Å². The summed E-state index contributed by atoms with van der Waals surface area (Å²) in [5.41, 5.74) is 0. The van der Waals surface area contributed by atoms with Gasteiger partial charge in [0, 0.05) is 0 Å². The van der Waals surface area contributed by atoms with Gasteiger partial charge in [-0.15, -0.1) is 0 Å². The first-order valence-corrected chi connectivity index (χ1v) is 3.30. The van der Waals surface area contributed by atoms with Crippen LogP contribution in [0.15, 0.2) is 24.3 Å². The first-order valence-electron chi connectivity index (χ1n) is 3.30. The summed E-state index contributed by atoms with van der Waals surface area (Å²) in [5, 5.41) is 0. The first kappa shape index (κ1) is 17.3. The van der Waals surface area contributed by atoms with Crippen molar-refractivity contribution in [1.29, 1.82) is 0 Å². The topological polar surface area (TPSA) is 0 Å². The van der Waals surface area contributed by atoms with Crippen LogP contribution in [0.2, 0.25) is 0 Å². The summed E-state index contributed by atoms with van der Waals surface area (Å²) in [4.78, 5) is 0. The van der Waals surface area contributed by atoms with Crippen LogP contribution in [0, 0.1) is 14.9 Å². The molecule has 1 aliphatic rings. The smallest absolute Gasteiger partial charge is 0.358 e. The van der Waals surface area contributed by atoms with E-state index >= 15 is 0 Å². The predicted octanol–water partition coefficient (Wildman–Crippen LogP) is 3.57. The molecule has 0 fully saturated rings. The normalized spacial score (nSPS) is 14.5.